The number of rotatable bonds is 1. The summed E-state index contributed by atoms with van der Waals surface area (Å²) in [5, 5.41) is 9.38. The van der Waals surface area contributed by atoms with Gasteiger partial charge in [0.15, 0.2) is 0 Å². The van der Waals surface area contributed by atoms with E-state index in [1.165, 1.54) is 0 Å². The first-order chi connectivity index (χ1) is 7.24. The van der Waals surface area contributed by atoms with Crippen LogP contribution >= 0.6 is 11.6 Å². The Morgan fingerprint density at radius 2 is 2.07 bits per heavy atom. The highest BCUT2D eigenvalue weighted by Gasteiger charge is 2.07. The normalized spacial score (nSPS) is 9.87. The average Bonchev–Trinajstić information content (AvgIpc) is 2.70. The predicted octanol–water partition coefficient (Wildman–Crippen LogP) is 2.58. The van der Waals surface area contributed by atoms with Crippen molar-refractivity contribution in [2.75, 3.05) is 5.73 Å². The minimum absolute atomic E-state index is 0.479. The maximum absolute atomic E-state index is 8.88. The number of halogens is 1. The minimum atomic E-state index is 0.479. The summed E-state index contributed by atoms with van der Waals surface area (Å²) in [6.45, 7) is 0. The number of benzene rings is 1. The molecule has 0 amide bonds. The largest absolute Gasteiger partial charge is 0.396 e. The third-order valence-electron chi connectivity index (χ3n) is 2.15. The summed E-state index contributed by atoms with van der Waals surface area (Å²) in [4.78, 5) is 0. The number of aromatic nitrogens is 1. The Hall–Kier alpha value is -1.92. The number of hydrogen-bond donors (Lipinski definition) is 1. The number of anilines is 1. The van der Waals surface area contributed by atoms with E-state index in [4.69, 9.17) is 22.6 Å². The smallest absolute Gasteiger partial charge is 0.124 e. The van der Waals surface area contributed by atoms with E-state index in [-0.39, 0.29) is 0 Å². The lowest BCUT2D eigenvalue weighted by molar-refractivity contribution is 1.06. The van der Waals surface area contributed by atoms with Crippen LogP contribution in [0, 0.1) is 11.3 Å². The first kappa shape index (κ1) is 9.63. The molecule has 0 unspecified atom stereocenters. The number of hydrogen-bond acceptors (Lipinski definition) is 2. The zero-order valence-electron chi connectivity index (χ0n) is 7.81. The van der Waals surface area contributed by atoms with Crippen molar-refractivity contribution in [3.8, 4) is 11.8 Å². The summed E-state index contributed by atoms with van der Waals surface area (Å²) in [5.74, 6) is 0. The number of nitriles is 1. The fourth-order valence-electron chi connectivity index (χ4n) is 1.42. The van der Waals surface area contributed by atoms with E-state index in [0.717, 1.165) is 5.69 Å². The van der Waals surface area contributed by atoms with Crippen LogP contribution in [-0.4, -0.2) is 4.57 Å². The van der Waals surface area contributed by atoms with E-state index in [1.54, 1.807) is 35.0 Å². The van der Waals surface area contributed by atoms with Gasteiger partial charge >= 0.3 is 0 Å². The summed E-state index contributed by atoms with van der Waals surface area (Å²) in [7, 11) is 0. The van der Waals surface area contributed by atoms with Gasteiger partial charge in [0.05, 0.1) is 16.4 Å². The Morgan fingerprint density at radius 3 is 2.80 bits per heavy atom. The second kappa shape index (κ2) is 3.68. The highest BCUT2D eigenvalue weighted by atomic mass is 35.5. The first-order valence-corrected chi connectivity index (χ1v) is 4.73. The Kier molecular flexibility index (Phi) is 2.36. The molecule has 1 aromatic carbocycles. The van der Waals surface area contributed by atoms with Crippen LogP contribution in [-0.2, 0) is 0 Å². The molecule has 3 nitrogen and oxygen atoms in total. The Balaban J connectivity index is 2.65. The number of nitrogens with zero attached hydrogens (tertiary/aromatic N) is 2. The molecular formula is C11H8ClN3. The van der Waals surface area contributed by atoms with Crippen LogP contribution in [0.15, 0.2) is 36.5 Å². The van der Waals surface area contributed by atoms with Crippen LogP contribution in [0.1, 0.15) is 5.69 Å². The molecule has 0 radical (unpaired) electrons. The molecule has 0 bridgehead atoms. The van der Waals surface area contributed by atoms with Crippen LogP contribution in [0.5, 0.6) is 0 Å². The fourth-order valence-corrected chi connectivity index (χ4v) is 1.59. The van der Waals surface area contributed by atoms with Crippen molar-refractivity contribution in [2.24, 2.45) is 0 Å². The van der Waals surface area contributed by atoms with Gasteiger partial charge in [0.25, 0.3) is 0 Å². The van der Waals surface area contributed by atoms with Gasteiger partial charge in [-0.15, -0.1) is 0 Å². The van der Waals surface area contributed by atoms with Crippen molar-refractivity contribution in [3.05, 3.63) is 47.2 Å². The molecular weight excluding hydrogens is 210 g/mol. The van der Waals surface area contributed by atoms with Crippen molar-refractivity contribution in [1.82, 2.24) is 4.57 Å². The van der Waals surface area contributed by atoms with Crippen LogP contribution < -0.4 is 5.73 Å². The lowest BCUT2D eigenvalue weighted by atomic mass is 10.2. The molecule has 2 N–H and O–H groups in total. The van der Waals surface area contributed by atoms with Crippen molar-refractivity contribution < 1.29 is 0 Å². The van der Waals surface area contributed by atoms with Gasteiger partial charge in [-0.3, -0.25) is 0 Å². The van der Waals surface area contributed by atoms with Crippen LogP contribution in [0.3, 0.4) is 0 Å². The summed E-state index contributed by atoms with van der Waals surface area (Å²) >= 11 is 5.91. The van der Waals surface area contributed by atoms with E-state index in [9.17, 15) is 0 Å². The second-order valence-electron chi connectivity index (χ2n) is 3.05. The van der Waals surface area contributed by atoms with E-state index in [1.807, 2.05) is 6.07 Å². The lowest BCUT2D eigenvalue weighted by Gasteiger charge is -2.09. The number of nitrogen functional groups attached to an aromatic ring is 1. The van der Waals surface area contributed by atoms with E-state index >= 15 is 0 Å². The quantitative estimate of drug-likeness (QED) is 0.747. The Bertz CT molecular complexity index is 537. The van der Waals surface area contributed by atoms with Gasteiger partial charge in [-0.2, -0.15) is 5.26 Å². The summed E-state index contributed by atoms with van der Waals surface area (Å²) in [6.07, 6.45) is 1.78. The molecule has 0 spiro atoms. The average molecular weight is 218 g/mol. The van der Waals surface area contributed by atoms with E-state index in [0.29, 0.717) is 16.4 Å². The molecule has 2 rings (SSSR count). The standard InChI is InChI=1S/C11H8ClN3/c12-9-4-1-5-10(11(9)14)15-6-2-3-8(15)7-13/h1-6H,14H2. The Labute approximate surface area is 92.3 Å². The highest BCUT2D eigenvalue weighted by Crippen LogP contribution is 2.26. The van der Waals surface area contributed by atoms with E-state index in [2.05, 4.69) is 6.07 Å². The van der Waals surface area contributed by atoms with Crippen molar-refractivity contribution >= 4 is 17.3 Å². The highest BCUT2D eigenvalue weighted by molar-refractivity contribution is 6.33. The molecule has 0 fully saturated rings. The topological polar surface area (TPSA) is 54.7 Å². The fraction of sp³-hybridized carbons (Fsp3) is 0. The zero-order valence-corrected chi connectivity index (χ0v) is 8.57. The van der Waals surface area contributed by atoms with Gasteiger partial charge in [-0.1, -0.05) is 17.7 Å². The molecule has 0 saturated carbocycles. The molecule has 74 valence electrons. The van der Waals surface area contributed by atoms with Crippen molar-refractivity contribution in [1.29, 1.82) is 5.26 Å². The minimum Gasteiger partial charge on any atom is -0.396 e. The SMILES string of the molecule is N#Cc1cccn1-c1cccc(Cl)c1N. The van der Waals surface area contributed by atoms with Crippen molar-refractivity contribution in [2.45, 2.75) is 0 Å². The maximum atomic E-state index is 8.88. The van der Waals surface area contributed by atoms with Gasteiger partial charge in [-0.25, -0.2) is 0 Å². The van der Waals surface area contributed by atoms with Gasteiger partial charge < -0.3 is 10.3 Å². The van der Waals surface area contributed by atoms with Gasteiger partial charge in [0.2, 0.25) is 0 Å². The number of para-hydroxylation sites is 1. The molecule has 1 heterocycles. The predicted molar refractivity (Wildman–Crippen MR) is 59.9 cm³/mol. The molecule has 1 aromatic heterocycles. The van der Waals surface area contributed by atoms with Crippen LogP contribution in [0.2, 0.25) is 5.02 Å². The van der Waals surface area contributed by atoms with Crippen LogP contribution in [0.25, 0.3) is 5.69 Å². The van der Waals surface area contributed by atoms with Gasteiger partial charge in [-0.05, 0) is 24.3 Å². The summed E-state index contributed by atoms with van der Waals surface area (Å²) < 4.78 is 1.71. The van der Waals surface area contributed by atoms with Crippen molar-refractivity contribution in [3.63, 3.8) is 0 Å². The van der Waals surface area contributed by atoms with Crippen LogP contribution in [0.4, 0.5) is 5.69 Å². The molecule has 0 aliphatic carbocycles. The lowest BCUT2D eigenvalue weighted by Crippen LogP contribution is -2.00. The second-order valence-corrected chi connectivity index (χ2v) is 3.46. The monoisotopic (exact) mass is 217 g/mol. The first-order valence-electron chi connectivity index (χ1n) is 4.36. The molecule has 15 heavy (non-hydrogen) atoms. The maximum Gasteiger partial charge on any atom is 0.124 e. The summed E-state index contributed by atoms with van der Waals surface area (Å²) in [6, 6.07) is 10.9. The molecule has 2 aromatic rings. The molecule has 0 saturated heterocycles. The van der Waals surface area contributed by atoms with Gasteiger partial charge in [0, 0.05) is 6.20 Å². The molecule has 0 aliphatic rings. The zero-order chi connectivity index (χ0) is 10.8. The summed E-state index contributed by atoms with van der Waals surface area (Å²) in [5.41, 5.74) is 7.57. The molecule has 4 heteroatoms. The molecule has 0 aliphatic heterocycles. The van der Waals surface area contributed by atoms with E-state index < -0.39 is 0 Å². The Morgan fingerprint density at radius 1 is 1.27 bits per heavy atom. The molecule has 0 atom stereocenters. The third kappa shape index (κ3) is 1.56. The van der Waals surface area contributed by atoms with Gasteiger partial charge in [0.1, 0.15) is 11.8 Å². The third-order valence-corrected chi connectivity index (χ3v) is 2.48. The number of nitrogens with two attached hydrogens (primary N) is 1.